The third kappa shape index (κ3) is 3.27. The molecule has 0 atom stereocenters. The standard InChI is InChI=1S/C16H21N3O/c1-11-5-6-14(13(9-11)16(2,3)4)20-12-7-8-18-15(10-12)19-17/h5-10H,17H2,1-4H3,(H,18,19). The number of nitrogens with zero attached hydrogens (tertiary/aromatic N) is 1. The molecule has 0 bridgehead atoms. The van der Waals surface area contributed by atoms with Crippen molar-refractivity contribution in [1.29, 1.82) is 0 Å². The van der Waals surface area contributed by atoms with Crippen molar-refractivity contribution in [3.05, 3.63) is 47.7 Å². The average molecular weight is 271 g/mol. The first-order valence-corrected chi connectivity index (χ1v) is 6.62. The Kier molecular flexibility index (Phi) is 3.95. The number of hydrogen-bond donors (Lipinski definition) is 2. The SMILES string of the molecule is Cc1ccc(Oc2ccnc(NN)c2)c(C(C)(C)C)c1. The van der Waals surface area contributed by atoms with Crippen molar-refractivity contribution in [2.45, 2.75) is 33.1 Å². The van der Waals surface area contributed by atoms with Crippen LogP contribution in [0, 0.1) is 6.92 Å². The van der Waals surface area contributed by atoms with Gasteiger partial charge in [-0.3, -0.25) is 0 Å². The Bertz CT molecular complexity index is 603. The van der Waals surface area contributed by atoms with Gasteiger partial charge in [-0.1, -0.05) is 38.5 Å². The second-order valence-electron chi connectivity index (χ2n) is 5.87. The minimum absolute atomic E-state index is 0.0172. The summed E-state index contributed by atoms with van der Waals surface area (Å²) < 4.78 is 6.00. The van der Waals surface area contributed by atoms with Crippen molar-refractivity contribution in [2.24, 2.45) is 5.84 Å². The molecule has 0 radical (unpaired) electrons. The van der Waals surface area contributed by atoms with E-state index in [4.69, 9.17) is 10.6 Å². The van der Waals surface area contributed by atoms with Gasteiger partial charge in [-0.05, 0) is 24.5 Å². The lowest BCUT2D eigenvalue weighted by Gasteiger charge is -2.23. The van der Waals surface area contributed by atoms with Gasteiger partial charge in [0.15, 0.2) is 0 Å². The zero-order valence-electron chi connectivity index (χ0n) is 12.4. The van der Waals surface area contributed by atoms with Crippen molar-refractivity contribution in [3.63, 3.8) is 0 Å². The van der Waals surface area contributed by atoms with Crippen LogP contribution in [0.1, 0.15) is 31.9 Å². The number of pyridine rings is 1. The Hall–Kier alpha value is -2.07. The van der Waals surface area contributed by atoms with Crippen molar-refractivity contribution < 1.29 is 4.74 Å². The molecule has 0 unspecified atom stereocenters. The number of nitrogens with one attached hydrogen (secondary N) is 1. The van der Waals surface area contributed by atoms with E-state index in [0.29, 0.717) is 11.6 Å². The molecule has 3 N–H and O–H groups in total. The number of hydrazine groups is 1. The van der Waals surface area contributed by atoms with Crippen LogP contribution in [0.25, 0.3) is 0 Å². The van der Waals surface area contributed by atoms with E-state index >= 15 is 0 Å². The minimum atomic E-state index is 0.0172. The quantitative estimate of drug-likeness (QED) is 0.659. The van der Waals surface area contributed by atoms with Crippen LogP contribution in [-0.2, 0) is 5.41 Å². The number of ether oxygens (including phenoxy) is 1. The summed E-state index contributed by atoms with van der Waals surface area (Å²) in [6.45, 7) is 8.61. The van der Waals surface area contributed by atoms with Crippen molar-refractivity contribution in [3.8, 4) is 11.5 Å². The average Bonchev–Trinajstić information content (AvgIpc) is 2.40. The molecule has 0 amide bonds. The summed E-state index contributed by atoms with van der Waals surface area (Å²) in [6.07, 6.45) is 1.66. The summed E-state index contributed by atoms with van der Waals surface area (Å²) in [5.41, 5.74) is 4.93. The molecule has 20 heavy (non-hydrogen) atoms. The fourth-order valence-corrected chi connectivity index (χ4v) is 2.00. The number of rotatable bonds is 3. The number of benzene rings is 1. The number of nitrogens with two attached hydrogens (primary N) is 1. The van der Waals surface area contributed by atoms with E-state index < -0.39 is 0 Å². The summed E-state index contributed by atoms with van der Waals surface area (Å²) in [5.74, 6) is 7.51. The van der Waals surface area contributed by atoms with Gasteiger partial charge in [0.2, 0.25) is 0 Å². The van der Waals surface area contributed by atoms with Gasteiger partial charge in [-0.15, -0.1) is 0 Å². The Morgan fingerprint density at radius 3 is 2.55 bits per heavy atom. The second kappa shape index (κ2) is 5.51. The maximum atomic E-state index is 6.00. The lowest BCUT2D eigenvalue weighted by Crippen LogP contribution is -2.13. The highest BCUT2D eigenvalue weighted by molar-refractivity contribution is 5.46. The second-order valence-corrected chi connectivity index (χ2v) is 5.87. The van der Waals surface area contributed by atoms with Gasteiger partial charge in [-0.2, -0.15) is 0 Å². The molecule has 0 aliphatic rings. The predicted molar refractivity (Wildman–Crippen MR) is 82.0 cm³/mol. The molecule has 1 aromatic carbocycles. The lowest BCUT2D eigenvalue weighted by atomic mass is 9.85. The third-order valence-corrected chi connectivity index (χ3v) is 3.05. The zero-order valence-corrected chi connectivity index (χ0v) is 12.4. The van der Waals surface area contributed by atoms with Gasteiger partial charge in [-0.25, -0.2) is 10.8 Å². The van der Waals surface area contributed by atoms with Crippen LogP contribution >= 0.6 is 0 Å². The van der Waals surface area contributed by atoms with E-state index in [1.807, 2.05) is 18.2 Å². The Morgan fingerprint density at radius 1 is 1.15 bits per heavy atom. The van der Waals surface area contributed by atoms with Gasteiger partial charge in [0.1, 0.15) is 17.3 Å². The molecule has 0 fully saturated rings. The van der Waals surface area contributed by atoms with Gasteiger partial charge in [0.05, 0.1) is 0 Å². The molecule has 2 rings (SSSR count). The van der Waals surface area contributed by atoms with Crippen LogP contribution in [0.3, 0.4) is 0 Å². The summed E-state index contributed by atoms with van der Waals surface area (Å²) in [6, 6.07) is 9.80. The number of aromatic nitrogens is 1. The van der Waals surface area contributed by atoms with E-state index in [1.54, 1.807) is 12.3 Å². The highest BCUT2D eigenvalue weighted by Crippen LogP contribution is 2.35. The fourth-order valence-electron chi connectivity index (χ4n) is 2.00. The van der Waals surface area contributed by atoms with Crippen LogP contribution in [0.4, 0.5) is 5.82 Å². The fraction of sp³-hybridized carbons (Fsp3) is 0.312. The van der Waals surface area contributed by atoms with E-state index in [0.717, 1.165) is 5.75 Å². The van der Waals surface area contributed by atoms with Crippen LogP contribution in [0.5, 0.6) is 11.5 Å². The smallest absolute Gasteiger partial charge is 0.143 e. The molecule has 4 nitrogen and oxygen atoms in total. The molecule has 4 heteroatoms. The van der Waals surface area contributed by atoms with Gasteiger partial charge >= 0.3 is 0 Å². The highest BCUT2D eigenvalue weighted by atomic mass is 16.5. The zero-order chi connectivity index (χ0) is 14.8. The van der Waals surface area contributed by atoms with E-state index in [9.17, 15) is 0 Å². The monoisotopic (exact) mass is 271 g/mol. The van der Waals surface area contributed by atoms with Crippen LogP contribution < -0.4 is 16.0 Å². The van der Waals surface area contributed by atoms with E-state index in [1.165, 1.54) is 11.1 Å². The molecular formula is C16H21N3O. The first kappa shape index (κ1) is 14.3. The summed E-state index contributed by atoms with van der Waals surface area (Å²) >= 11 is 0. The molecule has 0 aliphatic carbocycles. The lowest BCUT2D eigenvalue weighted by molar-refractivity contribution is 0.455. The van der Waals surface area contributed by atoms with E-state index in [2.05, 4.69) is 44.2 Å². The molecule has 0 spiro atoms. The third-order valence-electron chi connectivity index (χ3n) is 3.05. The molecule has 2 aromatic rings. The van der Waals surface area contributed by atoms with Crippen molar-refractivity contribution in [2.75, 3.05) is 5.43 Å². The Balaban J connectivity index is 2.38. The number of anilines is 1. The van der Waals surface area contributed by atoms with Crippen LogP contribution in [-0.4, -0.2) is 4.98 Å². The molecular weight excluding hydrogens is 250 g/mol. The van der Waals surface area contributed by atoms with Crippen LogP contribution in [0.2, 0.25) is 0 Å². The molecule has 0 saturated heterocycles. The Labute approximate surface area is 120 Å². The van der Waals surface area contributed by atoms with E-state index in [-0.39, 0.29) is 5.41 Å². The molecule has 1 heterocycles. The van der Waals surface area contributed by atoms with Gasteiger partial charge < -0.3 is 10.2 Å². The first-order valence-electron chi connectivity index (χ1n) is 6.62. The molecule has 0 saturated carbocycles. The normalized spacial score (nSPS) is 11.2. The number of nitrogen functional groups attached to an aromatic ring is 1. The van der Waals surface area contributed by atoms with Crippen molar-refractivity contribution in [1.82, 2.24) is 4.98 Å². The number of hydrogen-bond acceptors (Lipinski definition) is 4. The first-order chi connectivity index (χ1) is 9.40. The maximum absolute atomic E-state index is 6.00. The molecule has 0 aliphatic heterocycles. The molecule has 1 aromatic heterocycles. The largest absolute Gasteiger partial charge is 0.457 e. The number of aryl methyl sites for hydroxylation is 1. The summed E-state index contributed by atoms with van der Waals surface area (Å²) in [4.78, 5) is 4.07. The topological polar surface area (TPSA) is 60.2 Å². The van der Waals surface area contributed by atoms with Crippen LogP contribution in [0.15, 0.2) is 36.5 Å². The van der Waals surface area contributed by atoms with Gasteiger partial charge in [0, 0.05) is 17.8 Å². The summed E-state index contributed by atoms with van der Waals surface area (Å²) in [7, 11) is 0. The maximum Gasteiger partial charge on any atom is 0.143 e. The van der Waals surface area contributed by atoms with Crippen molar-refractivity contribution >= 4 is 5.82 Å². The summed E-state index contributed by atoms with van der Waals surface area (Å²) in [5, 5.41) is 0. The Morgan fingerprint density at radius 2 is 1.90 bits per heavy atom. The molecule has 106 valence electrons. The predicted octanol–water partition coefficient (Wildman–Crippen LogP) is 3.77. The highest BCUT2D eigenvalue weighted by Gasteiger charge is 2.19. The van der Waals surface area contributed by atoms with Gasteiger partial charge in [0.25, 0.3) is 0 Å². The minimum Gasteiger partial charge on any atom is -0.457 e.